The summed E-state index contributed by atoms with van der Waals surface area (Å²) in [6, 6.07) is 1.63. The van der Waals surface area contributed by atoms with Gasteiger partial charge in [-0.15, -0.1) is 11.3 Å². The zero-order valence-electron chi connectivity index (χ0n) is 17.5. The highest BCUT2D eigenvalue weighted by Gasteiger charge is 2.36. The first kappa shape index (κ1) is 21.5. The van der Waals surface area contributed by atoms with Crippen LogP contribution >= 0.6 is 11.3 Å². The second-order valence-corrected chi connectivity index (χ2v) is 11.1. The molecule has 0 aliphatic carbocycles. The normalized spacial score (nSPS) is 21.1. The van der Waals surface area contributed by atoms with Crippen LogP contribution in [0, 0.1) is 12.8 Å². The van der Waals surface area contributed by atoms with Crippen molar-refractivity contribution in [2.45, 2.75) is 57.3 Å². The van der Waals surface area contributed by atoms with Gasteiger partial charge in [0, 0.05) is 37.5 Å². The van der Waals surface area contributed by atoms with Crippen LogP contribution in [0.15, 0.2) is 15.5 Å². The summed E-state index contributed by atoms with van der Waals surface area (Å²) >= 11 is 1.35. The quantitative estimate of drug-likeness (QED) is 0.692. The number of nitrogens with zero attached hydrogens (tertiary/aromatic N) is 4. The molecule has 2 aliphatic heterocycles. The van der Waals surface area contributed by atoms with E-state index in [-0.39, 0.29) is 23.3 Å². The van der Waals surface area contributed by atoms with E-state index in [1.807, 2.05) is 11.8 Å². The molecule has 0 saturated carbocycles. The second-order valence-electron chi connectivity index (χ2n) is 7.98. The van der Waals surface area contributed by atoms with E-state index in [2.05, 4.69) is 10.1 Å². The lowest BCUT2D eigenvalue weighted by molar-refractivity contribution is -0.137. The van der Waals surface area contributed by atoms with Crippen LogP contribution in [0.25, 0.3) is 10.7 Å². The van der Waals surface area contributed by atoms with Crippen molar-refractivity contribution in [3.8, 4) is 10.7 Å². The van der Waals surface area contributed by atoms with Crippen LogP contribution in [0.4, 0.5) is 0 Å². The first-order valence-corrected chi connectivity index (χ1v) is 12.9. The van der Waals surface area contributed by atoms with Crippen LogP contribution in [0.2, 0.25) is 0 Å². The molecule has 1 amide bonds. The van der Waals surface area contributed by atoms with Crippen LogP contribution in [-0.2, 0) is 21.2 Å². The van der Waals surface area contributed by atoms with Gasteiger partial charge in [0.15, 0.2) is 0 Å². The standard InChI is InChI=1S/C20H28N4O4S2/c1-3-18-21-19(22-28-18)16-12-17(14(2)29-16)30(26,27)24-11-7-8-15(13-24)20(25)23-9-5-4-6-10-23/h12,15H,3-11,13H2,1-2H3. The van der Waals surface area contributed by atoms with Crippen molar-refractivity contribution in [1.29, 1.82) is 0 Å². The number of hydrogen-bond acceptors (Lipinski definition) is 7. The molecule has 8 nitrogen and oxygen atoms in total. The Morgan fingerprint density at radius 2 is 2.00 bits per heavy atom. The predicted molar refractivity (Wildman–Crippen MR) is 114 cm³/mol. The van der Waals surface area contributed by atoms with E-state index in [9.17, 15) is 13.2 Å². The monoisotopic (exact) mass is 452 g/mol. The summed E-state index contributed by atoms with van der Waals surface area (Å²) in [5.41, 5.74) is 0. The molecule has 0 radical (unpaired) electrons. The molecule has 1 atom stereocenters. The van der Waals surface area contributed by atoms with Crippen molar-refractivity contribution in [2.24, 2.45) is 5.92 Å². The molecule has 0 aromatic carbocycles. The summed E-state index contributed by atoms with van der Waals surface area (Å²) in [5, 5.41) is 3.96. The van der Waals surface area contributed by atoms with Crippen LogP contribution in [0.1, 0.15) is 49.8 Å². The van der Waals surface area contributed by atoms with Crippen molar-refractivity contribution in [2.75, 3.05) is 26.2 Å². The van der Waals surface area contributed by atoms with Crippen LogP contribution < -0.4 is 0 Å². The molecule has 10 heteroatoms. The first-order chi connectivity index (χ1) is 14.4. The highest BCUT2D eigenvalue weighted by atomic mass is 32.2. The Bertz CT molecular complexity index is 1010. The molecule has 0 N–H and O–H groups in total. The SMILES string of the molecule is CCc1nc(-c2cc(S(=O)(=O)N3CCCC(C(=O)N4CCCCC4)C3)c(C)s2)no1. The number of amides is 1. The number of aryl methyl sites for hydroxylation is 2. The molecule has 0 bridgehead atoms. The van der Waals surface area contributed by atoms with Gasteiger partial charge in [-0.25, -0.2) is 8.42 Å². The Balaban J connectivity index is 1.53. The molecule has 164 valence electrons. The van der Waals surface area contributed by atoms with Crippen LogP contribution in [0.5, 0.6) is 0 Å². The van der Waals surface area contributed by atoms with Gasteiger partial charge in [-0.05, 0) is 45.1 Å². The largest absolute Gasteiger partial charge is 0.342 e. The van der Waals surface area contributed by atoms with Gasteiger partial charge in [0.05, 0.1) is 15.7 Å². The Morgan fingerprint density at radius 3 is 2.70 bits per heavy atom. The molecule has 30 heavy (non-hydrogen) atoms. The van der Waals surface area contributed by atoms with Gasteiger partial charge >= 0.3 is 0 Å². The van der Waals surface area contributed by atoms with Crippen molar-refractivity contribution in [3.63, 3.8) is 0 Å². The summed E-state index contributed by atoms with van der Waals surface area (Å²) in [5.74, 6) is 0.791. The summed E-state index contributed by atoms with van der Waals surface area (Å²) in [7, 11) is -3.69. The number of rotatable bonds is 5. The predicted octanol–water partition coefficient (Wildman–Crippen LogP) is 3.08. The Hall–Kier alpha value is -1.78. The number of sulfonamides is 1. The van der Waals surface area contributed by atoms with E-state index >= 15 is 0 Å². The van der Waals surface area contributed by atoms with Crippen molar-refractivity contribution in [3.05, 3.63) is 16.8 Å². The lowest BCUT2D eigenvalue weighted by Gasteiger charge is -2.35. The lowest BCUT2D eigenvalue weighted by Crippen LogP contribution is -2.47. The van der Waals surface area contributed by atoms with Crippen molar-refractivity contribution < 1.29 is 17.7 Å². The zero-order chi connectivity index (χ0) is 21.3. The van der Waals surface area contributed by atoms with Gasteiger partial charge in [0.1, 0.15) is 0 Å². The van der Waals surface area contributed by atoms with E-state index in [0.717, 1.165) is 38.8 Å². The average Bonchev–Trinajstić information content (AvgIpc) is 3.40. The minimum absolute atomic E-state index is 0.108. The first-order valence-electron chi connectivity index (χ1n) is 10.6. The Labute approximate surface area is 181 Å². The number of hydrogen-bond donors (Lipinski definition) is 0. The number of carbonyl (C=O) groups is 1. The third-order valence-electron chi connectivity index (χ3n) is 5.88. The molecule has 2 fully saturated rings. The number of thiophene rings is 1. The maximum absolute atomic E-state index is 13.4. The molecule has 2 aliphatic rings. The second kappa shape index (κ2) is 8.76. The average molecular weight is 453 g/mol. The fourth-order valence-electron chi connectivity index (χ4n) is 4.20. The highest BCUT2D eigenvalue weighted by Crippen LogP contribution is 2.35. The van der Waals surface area contributed by atoms with Crippen LogP contribution in [0.3, 0.4) is 0 Å². The zero-order valence-corrected chi connectivity index (χ0v) is 19.1. The number of piperidine rings is 2. The third kappa shape index (κ3) is 4.17. The number of likely N-dealkylation sites (tertiary alicyclic amines) is 1. The van der Waals surface area contributed by atoms with Gasteiger partial charge in [0.2, 0.25) is 27.6 Å². The topological polar surface area (TPSA) is 96.6 Å². The van der Waals surface area contributed by atoms with Gasteiger partial charge in [-0.3, -0.25) is 4.79 Å². The van der Waals surface area contributed by atoms with Gasteiger partial charge < -0.3 is 9.42 Å². The maximum atomic E-state index is 13.4. The highest BCUT2D eigenvalue weighted by molar-refractivity contribution is 7.89. The molecular formula is C20H28N4O4S2. The molecule has 4 rings (SSSR count). The van der Waals surface area contributed by atoms with E-state index < -0.39 is 10.0 Å². The number of carbonyl (C=O) groups excluding carboxylic acids is 1. The molecular weight excluding hydrogens is 424 g/mol. The maximum Gasteiger partial charge on any atom is 0.244 e. The minimum atomic E-state index is -3.69. The Kier molecular flexibility index (Phi) is 6.26. The Morgan fingerprint density at radius 1 is 1.23 bits per heavy atom. The molecule has 2 aromatic rings. The summed E-state index contributed by atoms with van der Waals surface area (Å²) in [6.45, 7) is 6.00. The third-order valence-corrected chi connectivity index (χ3v) is 9.05. The molecule has 0 spiro atoms. The summed E-state index contributed by atoms with van der Waals surface area (Å²) in [6.07, 6.45) is 5.31. The van der Waals surface area contributed by atoms with Gasteiger partial charge in [0.25, 0.3) is 0 Å². The van der Waals surface area contributed by atoms with Gasteiger partial charge in [-0.1, -0.05) is 12.1 Å². The van der Waals surface area contributed by atoms with E-state index in [4.69, 9.17) is 4.52 Å². The van der Waals surface area contributed by atoms with Crippen molar-refractivity contribution >= 4 is 27.3 Å². The number of aromatic nitrogens is 2. The molecule has 2 saturated heterocycles. The smallest absolute Gasteiger partial charge is 0.244 e. The van der Waals surface area contributed by atoms with E-state index in [1.165, 1.54) is 15.6 Å². The van der Waals surface area contributed by atoms with Crippen LogP contribution in [-0.4, -0.2) is 59.8 Å². The van der Waals surface area contributed by atoms with E-state index in [0.29, 0.717) is 40.9 Å². The lowest BCUT2D eigenvalue weighted by atomic mass is 9.97. The fourth-order valence-corrected chi connectivity index (χ4v) is 7.21. The van der Waals surface area contributed by atoms with Crippen molar-refractivity contribution in [1.82, 2.24) is 19.3 Å². The van der Waals surface area contributed by atoms with E-state index in [1.54, 1.807) is 13.0 Å². The summed E-state index contributed by atoms with van der Waals surface area (Å²) in [4.78, 5) is 20.8. The minimum Gasteiger partial charge on any atom is -0.342 e. The molecule has 1 unspecified atom stereocenters. The molecule has 2 aromatic heterocycles. The van der Waals surface area contributed by atoms with Gasteiger partial charge in [-0.2, -0.15) is 9.29 Å². The summed E-state index contributed by atoms with van der Waals surface area (Å²) < 4.78 is 33.4. The fraction of sp³-hybridized carbons (Fsp3) is 0.650. The molecule has 4 heterocycles.